The lowest BCUT2D eigenvalue weighted by Crippen LogP contribution is -2.19. The van der Waals surface area contributed by atoms with Gasteiger partial charge in [0.05, 0.1) is 11.3 Å². The van der Waals surface area contributed by atoms with Gasteiger partial charge in [-0.05, 0) is 47.9 Å². The Balaban J connectivity index is 1.85. The topological polar surface area (TPSA) is 58.2 Å². The van der Waals surface area contributed by atoms with Crippen LogP contribution in [-0.4, -0.2) is 17.6 Å². The van der Waals surface area contributed by atoms with Gasteiger partial charge in [0.1, 0.15) is 0 Å². The van der Waals surface area contributed by atoms with Crippen molar-refractivity contribution in [1.29, 1.82) is 0 Å². The third kappa shape index (κ3) is 8.19. The van der Waals surface area contributed by atoms with Crippen LogP contribution < -0.4 is 10.6 Å². The molecule has 2 aromatic rings. The number of rotatable bonds is 6. The molecule has 2 rings (SSSR count). The highest BCUT2D eigenvalue weighted by Gasteiger charge is 2.30. The molecular formula is C21H23F3N2O2S. The number of nitrogens with one attached hydrogen (secondary N) is 2. The summed E-state index contributed by atoms with van der Waals surface area (Å²) in [5, 5.41) is 5.29. The summed E-state index contributed by atoms with van der Waals surface area (Å²) in [6, 6.07) is 11.5. The smallest absolute Gasteiger partial charge is 0.326 e. The highest BCUT2D eigenvalue weighted by Crippen LogP contribution is 2.30. The first-order chi connectivity index (χ1) is 13.4. The summed E-state index contributed by atoms with van der Waals surface area (Å²) >= 11 is 1.25. The molecule has 0 atom stereocenters. The molecule has 4 nitrogen and oxygen atoms in total. The standard InChI is InChI=1S/C21H23F3N2O2S/c1-20(2,3)12-18(27)25-15-7-9-17(10-8-15)29-13-19(28)26-16-6-4-5-14(11-16)21(22,23)24/h4-11H,12-13H2,1-3H3,(H,25,27)(H,26,28). The van der Waals surface area contributed by atoms with Crippen LogP contribution in [0, 0.1) is 5.41 Å². The third-order valence-corrected chi connectivity index (χ3v) is 4.68. The molecule has 29 heavy (non-hydrogen) atoms. The first kappa shape index (κ1) is 22.8. The van der Waals surface area contributed by atoms with Gasteiger partial charge in [-0.25, -0.2) is 0 Å². The van der Waals surface area contributed by atoms with Crippen LogP contribution in [0.25, 0.3) is 0 Å². The van der Waals surface area contributed by atoms with Gasteiger partial charge in [0.15, 0.2) is 0 Å². The van der Waals surface area contributed by atoms with Crippen molar-refractivity contribution in [1.82, 2.24) is 0 Å². The summed E-state index contributed by atoms with van der Waals surface area (Å²) in [5.74, 6) is -0.429. The number of benzene rings is 2. The molecule has 0 saturated heterocycles. The van der Waals surface area contributed by atoms with E-state index < -0.39 is 17.6 Å². The van der Waals surface area contributed by atoms with E-state index in [4.69, 9.17) is 0 Å². The van der Waals surface area contributed by atoms with Gasteiger partial charge >= 0.3 is 6.18 Å². The molecule has 2 amide bonds. The van der Waals surface area contributed by atoms with Gasteiger partial charge in [0.2, 0.25) is 11.8 Å². The number of halogens is 3. The average molecular weight is 424 g/mol. The molecule has 0 saturated carbocycles. The lowest BCUT2D eigenvalue weighted by molar-refractivity contribution is -0.137. The number of thioether (sulfide) groups is 1. The predicted octanol–water partition coefficient (Wildman–Crippen LogP) is 5.81. The third-order valence-electron chi connectivity index (χ3n) is 3.67. The van der Waals surface area contributed by atoms with Crippen LogP contribution in [0.5, 0.6) is 0 Å². The highest BCUT2D eigenvalue weighted by molar-refractivity contribution is 8.00. The summed E-state index contributed by atoms with van der Waals surface area (Å²) < 4.78 is 38.2. The van der Waals surface area contributed by atoms with E-state index in [0.717, 1.165) is 17.0 Å². The van der Waals surface area contributed by atoms with Gasteiger partial charge in [-0.1, -0.05) is 26.8 Å². The quantitative estimate of drug-likeness (QED) is 0.575. The lowest BCUT2D eigenvalue weighted by Gasteiger charge is -2.17. The lowest BCUT2D eigenvalue weighted by atomic mass is 9.92. The van der Waals surface area contributed by atoms with E-state index in [2.05, 4.69) is 10.6 Å². The fraction of sp³-hybridized carbons (Fsp3) is 0.333. The molecule has 0 aromatic heterocycles. The zero-order valence-corrected chi connectivity index (χ0v) is 17.2. The van der Waals surface area contributed by atoms with Gasteiger partial charge in [0, 0.05) is 22.7 Å². The van der Waals surface area contributed by atoms with E-state index in [1.807, 2.05) is 20.8 Å². The Labute approximate surface area is 172 Å². The van der Waals surface area contributed by atoms with Crippen molar-refractivity contribution in [2.45, 2.75) is 38.3 Å². The molecule has 8 heteroatoms. The van der Waals surface area contributed by atoms with Gasteiger partial charge in [0.25, 0.3) is 0 Å². The van der Waals surface area contributed by atoms with Crippen LogP contribution in [0.15, 0.2) is 53.4 Å². The second-order valence-corrected chi connectivity index (χ2v) is 8.77. The number of carbonyl (C=O) groups excluding carboxylic acids is 2. The molecular weight excluding hydrogens is 401 g/mol. The first-order valence-electron chi connectivity index (χ1n) is 8.92. The maximum atomic E-state index is 12.7. The number of alkyl halides is 3. The van der Waals surface area contributed by atoms with Crippen LogP contribution in [0.4, 0.5) is 24.5 Å². The molecule has 156 valence electrons. The van der Waals surface area contributed by atoms with Crippen LogP contribution in [0.3, 0.4) is 0 Å². The van der Waals surface area contributed by atoms with E-state index >= 15 is 0 Å². The largest absolute Gasteiger partial charge is 0.416 e. The minimum Gasteiger partial charge on any atom is -0.326 e. The predicted molar refractivity (Wildman–Crippen MR) is 110 cm³/mol. The summed E-state index contributed by atoms with van der Waals surface area (Å²) in [6.07, 6.45) is -4.06. The van der Waals surface area contributed by atoms with Crippen molar-refractivity contribution < 1.29 is 22.8 Å². The zero-order chi connectivity index (χ0) is 21.7. The number of carbonyl (C=O) groups is 2. The first-order valence-corrected chi connectivity index (χ1v) is 9.91. The van der Waals surface area contributed by atoms with E-state index in [0.29, 0.717) is 12.1 Å². The van der Waals surface area contributed by atoms with Gasteiger partial charge in [-0.3, -0.25) is 9.59 Å². The van der Waals surface area contributed by atoms with Crippen LogP contribution in [0.1, 0.15) is 32.8 Å². The fourth-order valence-corrected chi connectivity index (χ4v) is 3.14. The second kappa shape index (κ2) is 9.35. The average Bonchev–Trinajstić information content (AvgIpc) is 2.59. The number of anilines is 2. The van der Waals surface area contributed by atoms with Crippen molar-refractivity contribution in [3.8, 4) is 0 Å². The fourth-order valence-electron chi connectivity index (χ4n) is 2.44. The Bertz CT molecular complexity index is 859. The van der Waals surface area contributed by atoms with Gasteiger partial charge in [-0.2, -0.15) is 13.2 Å². The Hall–Kier alpha value is -2.48. The van der Waals surface area contributed by atoms with Crippen molar-refractivity contribution in [2.75, 3.05) is 16.4 Å². The van der Waals surface area contributed by atoms with E-state index in [1.165, 1.54) is 23.9 Å². The Morgan fingerprint density at radius 3 is 2.10 bits per heavy atom. The monoisotopic (exact) mass is 424 g/mol. The van der Waals surface area contributed by atoms with Gasteiger partial charge in [-0.15, -0.1) is 11.8 Å². The Kier molecular flexibility index (Phi) is 7.35. The van der Waals surface area contributed by atoms with Gasteiger partial charge < -0.3 is 10.6 Å². The maximum Gasteiger partial charge on any atom is 0.416 e. The molecule has 2 aromatic carbocycles. The molecule has 0 aliphatic heterocycles. The van der Waals surface area contributed by atoms with Crippen LogP contribution in [0.2, 0.25) is 0 Å². The second-order valence-electron chi connectivity index (χ2n) is 7.73. The maximum absolute atomic E-state index is 12.7. The SMILES string of the molecule is CC(C)(C)CC(=O)Nc1ccc(SCC(=O)Nc2cccc(C(F)(F)F)c2)cc1. The minimum atomic E-state index is -4.46. The molecule has 0 heterocycles. The van der Waals surface area contributed by atoms with Crippen molar-refractivity contribution in [3.05, 3.63) is 54.1 Å². The number of amides is 2. The molecule has 0 fully saturated rings. The van der Waals surface area contributed by atoms with Crippen molar-refractivity contribution in [3.63, 3.8) is 0 Å². The van der Waals surface area contributed by atoms with Crippen LogP contribution >= 0.6 is 11.8 Å². The molecule has 0 unspecified atom stereocenters. The summed E-state index contributed by atoms with van der Waals surface area (Å²) in [4.78, 5) is 24.8. The number of hydrogen-bond donors (Lipinski definition) is 2. The molecule has 0 radical (unpaired) electrons. The van der Waals surface area contributed by atoms with E-state index in [-0.39, 0.29) is 22.8 Å². The van der Waals surface area contributed by atoms with E-state index in [9.17, 15) is 22.8 Å². The Morgan fingerprint density at radius 2 is 1.52 bits per heavy atom. The molecule has 0 bridgehead atoms. The number of hydrogen-bond acceptors (Lipinski definition) is 3. The zero-order valence-electron chi connectivity index (χ0n) is 16.4. The summed E-state index contributed by atoms with van der Waals surface area (Å²) in [5.41, 5.74) is -0.154. The van der Waals surface area contributed by atoms with Crippen molar-refractivity contribution >= 4 is 35.0 Å². The van der Waals surface area contributed by atoms with E-state index in [1.54, 1.807) is 24.3 Å². The summed E-state index contributed by atoms with van der Waals surface area (Å²) in [7, 11) is 0. The molecule has 2 N–H and O–H groups in total. The molecule has 0 spiro atoms. The Morgan fingerprint density at radius 1 is 0.897 bits per heavy atom. The highest BCUT2D eigenvalue weighted by atomic mass is 32.2. The normalized spacial score (nSPS) is 11.8. The van der Waals surface area contributed by atoms with Crippen molar-refractivity contribution in [2.24, 2.45) is 5.41 Å². The summed E-state index contributed by atoms with van der Waals surface area (Å²) in [6.45, 7) is 5.95. The molecule has 0 aliphatic carbocycles. The van der Waals surface area contributed by atoms with Crippen LogP contribution in [-0.2, 0) is 15.8 Å². The minimum absolute atomic E-state index is 0.0476. The molecule has 0 aliphatic rings.